The van der Waals surface area contributed by atoms with E-state index in [1.807, 2.05) is 6.08 Å². The fourth-order valence-electron chi connectivity index (χ4n) is 1.46. The highest BCUT2D eigenvalue weighted by atomic mass is 16.6. The number of nitrogens with one attached hydrogen (secondary N) is 1. The van der Waals surface area contributed by atoms with Gasteiger partial charge in [-0.05, 0) is 38.8 Å². The zero-order chi connectivity index (χ0) is 15.9. The average molecular weight is 292 g/mol. The highest BCUT2D eigenvalue weighted by Crippen LogP contribution is 2.07. The first-order valence-electron chi connectivity index (χ1n) is 6.60. The Morgan fingerprint density at radius 3 is 2.71 bits per heavy atom. The Labute approximate surface area is 123 Å². The smallest absolute Gasteiger partial charge is 0.407 e. The molecule has 0 aliphatic rings. The summed E-state index contributed by atoms with van der Waals surface area (Å²) in [5.41, 5.74) is 0.333. The van der Waals surface area contributed by atoms with Crippen LogP contribution in [0.15, 0.2) is 24.5 Å². The van der Waals surface area contributed by atoms with E-state index in [0.29, 0.717) is 18.5 Å². The maximum Gasteiger partial charge on any atom is 0.407 e. The molecule has 1 amide bonds. The van der Waals surface area contributed by atoms with E-state index in [1.165, 1.54) is 12.3 Å². The number of hydrogen-bond donors (Lipinski definition) is 2. The van der Waals surface area contributed by atoms with Crippen molar-refractivity contribution in [1.82, 2.24) is 10.3 Å². The summed E-state index contributed by atoms with van der Waals surface area (Å²) in [7, 11) is 0. The summed E-state index contributed by atoms with van der Waals surface area (Å²) in [4.78, 5) is 26.0. The summed E-state index contributed by atoms with van der Waals surface area (Å²) >= 11 is 0. The van der Waals surface area contributed by atoms with Crippen molar-refractivity contribution in [3.05, 3.63) is 35.7 Å². The van der Waals surface area contributed by atoms with Crippen molar-refractivity contribution < 1.29 is 19.4 Å². The van der Waals surface area contributed by atoms with Crippen molar-refractivity contribution in [2.24, 2.45) is 0 Å². The zero-order valence-corrected chi connectivity index (χ0v) is 12.4. The number of carbonyl (C=O) groups excluding carboxylic acids is 1. The number of pyridine rings is 1. The number of aromatic carboxylic acids is 1. The number of nitrogens with zero attached hydrogens (tertiary/aromatic N) is 1. The normalized spacial score (nSPS) is 11.4. The molecule has 21 heavy (non-hydrogen) atoms. The van der Waals surface area contributed by atoms with Crippen molar-refractivity contribution >= 4 is 18.1 Å². The molecular formula is C15H20N2O4. The predicted molar refractivity (Wildman–Crippen MR) is 79.1 cm³/mol. The van der Waals surface area contributed by atoms with Gasteiger partial charge in [-0.25, -0.2) is 9.59 Å². The van der Waals surface area contributed by atoms with Gasteiger partial charge in [-0.15, -0.1) is 0 Å². The molecule has 1 rings (SSSR count). The Morgan fingerprint density at radius 2 is 2.10 bits per heavy atom. The minimum absolute atomic E-state index is 0.143. The second kappa shape index (κ2) is 7.42. The second-order valence-corrected chi connectivity index (χ2v) is 5.43. The fraction of sp³-hybridized carbons (Fsp3) is 0.400. The first-order chi connectivity index (χ1) is 9.78. The summed E-state index contributed by atoms with van der Waals surface area (Å²) < 4.78 is 5.10. The van der Waals surface area contributed by atoms with Gasteiger partial charge in [0.25, 0.3) is 0 Å². The van der Waals surface area contributed by atoms with Gasteiger partial charge in [-0.1, -0.05) is 12.2 Å². The van der Waals surface area contributed by atoms with Gasteiger partial charge in [0.15, 0.2) is 0 Å². The molecular weight excluding hydrogens is 272 g/mol. The van der Waals surface area contributed by atoms with Gasteiger partial charge in [0.2, 0.25) is 0 Å². The molecule has 0 bridgehead atoms. The van der Waals surface area contributed by atoms with Crippen molar-refractivity contribution in [1.29, 1.82) is 0 Å². The van der Waals surface area contributed by atoms with Crippen LogP contribution < -0.4 is 5.32 Å². The van der Waals surface area contributed by atoms with Gasteiger partial charge in [0, 0.05) is 18.9 Å². The van der Waals surface area contributed by atoms with Gasteiger partial charge >= 0.3 is 12.1 Å². The van der Waals surface area contributed by atoms with E-state index >= 15 is 0 Å². The van der Waals surface area contributed by atoms with Crippen molar-refractivity contribution in [3.63, 3.8) is 0 Å². The third-order valence-electron chi connectivity index (χ3n) is 2.30. The maximum absolute atomic E-state index is 11.4. The molecule has 6 nitrogen and oxygen atoms in total. The molecule has 0 aliphatic carbocycles. The summed E-state index contributed by atoms with van der Waals surface area (Å²) in [5.74, 6) is -1.01. The number of ether oxygens (including phenoxy) is 1. The van der Waals surface area contributed by atoms with E-state index in [9.17, 15) is 9.59 Å². The number of alkyl carbamates (subject to hydrolysis) is 1. The molecule has 0 saturated carbocycles. The van der Waals surface area contributed by atoms with Gasteiger partial charge < -0.3 is 15.2 Å². The number of aromatic nitrogens is 1. The van der Waals surface area contributed by atoms with Crippen LogP contribution in [0, 0.1) is 0 Å². The standard InChI is InChI=1S/C15H20N2O4/c1-15(2,3)21-14(20)17-7-5-4-6-11-8-12(13(18)19)10-16-9-11/h4,6,8-10H,5,7H2,1-3H3,(H,17,20)(H,18,19). The second-order valence-electron chi connectivity index (χ2n) is 5.43. The fourth-order valence-corrected chi connectivity index (χ4v) is 1.46. The third-order valence-corrected chi connectivity index (χ3v) is 2.30. The largest absolute Gasteiger partial charge is 0.478 e. The molecule has 0 saturated heterocycles. The molecule has 114 valence electrons. The van der Waals surface area contributed by atoms with Gasteiger partial charge in [-0.3, -0.25) is 4.98 Å². The molecule has 2 N–H and O–H groups in total. The molecule has 0 radical (unpaired) electrons. The predicted octanol–water partition coefficient (Wildman–Crippen LogP) is 2.71. The minimum Gasteiger partial charge on any atom is -0.478 e. The molecule has 0 spiro atoms. The van der Waals surface area contributed by atoms with E-state index in [-0.39, 0.29) is 5.56 Å². The molecule has 1 aromatic rings. The molecule has 0 aromatic carbocycles. The van der Waals surface area contributed by atoms with Crippen molar-refractivity contribution in [2.75, 3.05) is 6.54 Å². The Bertz CT molecular complexity index is 533. The molecule has 0 fully saturated rings. The maximum atomic E-state index is 11.4. The van der Waals surface area contributed by atoms with Crippen LogP contribution in [0.5, 0.6) is 0 Å². The van der Waals surface area contributed by atoms with Gasteiger partial charge in [-0.2, -0.15) is 0 Å². The summed E-state index contributed by atoms with van der Waals surface area (Å²) in [6.45, 7) is 5.84. The number of hydrogen-bond acceptors (Lipinski definition) is 4. The van der Waals surface area contributed by atoms with Crippen LogP contribution >= 0.6 is 0 Å². The van der Waals surface area contributed by atoms with Crippen LogP contribution in [0.2, 0.25) is 0 Å². The lowest BCUT2D eigenvalue weighted by Gasteiger charge is -2.19. The molecule has 1 aromatic heterocycles. The molecule has 1 heterocycles. The molecule has 0 aliphatic heterocycles. The number of carboxylic acids is 1. The Morgan fingerprint density at radius 1 is 1.38 bits per heavy atom. The van der Waals surface area contributed by atoms with E-state index in [2.05, 4.69) is 10.3 Å². The number of carboxylic acid groups (broad SMARTS) is 1. The minimum atomic E-state index is -1.01. The molecule has 0 unspecified atom stereocenters. The topological polar surface area (TPSA) is 88.5 Å². The summed E-state index contributed by atoms with van der Waals surface area (Å²) in [6.07, 6.45) is 6.62. The van der Waals surface area contributed by atoms with Crippen molar-refractivity contribution in [3.8, 4) is 0 Å². The lowest BCUT2D eigenvalue weighted by atomic mass is 10.2. The van der Waals surface area contributed by atoms with Crippen LogP contribution in [0.3, 0.4) is 0 Å². The number of amides is 1. The van der Waals surface area contributed by atoms with Crippen LogP contribution in [-0.4, -0.2) is 34.3 Å². The van der Waals surface area contributed by atoms with Crippen molar-refractivity contribution in [2.45, 2.75) is 32.8 Å². The third kappa shape index (κ3) is 7.10. The molecule has 0 atom stereocenters. The zero-order valence-electron chi connectivity index (χ0n) is 12.4. The van der Waals surface area contributed by atoms with Crippen LogP contribution in [0.25, 0.3) is 6.08 Å². The van der Waals surface area contributed by atoms with Crippen LogP contribution in [0.4, 0.5) is 4.79 Å². The average Bonchev–Trinajstić information content (AvgIpc) is 2.36. The summed E-state index contributed by atoms with van der Waals surface area (Å²) in [6, 6.07) is 1.53. The molecule has 6 heteroatoms. The van der Waals surface area contributed by atoms with E-state index in [1.54, 1.807) is 33.0 Å². The van der Waals surface area contributed by atoms with Crippen LogP contribution in [0.1, 0.15) is 43.1 Å². The quantitative estimate of drug-likeness (QED) is 0.814. The number of carbonyl (C=O) groups is 2. The Balaban J connectivity index is 2.37. The van der Waals surface area contributed by atoms with E-state index in [0.717, 1.165) is 0 Å². The highest BCUT2D eigenvalue weighted by molar-refractivity contribution is 5.87. The summed E-state index contributed by atoms with van der Waals surface area (Å²) in [5, 5.41) is 11.5. The highest BCUT2D eigenvalue weighted by Gasteiger charge is 2.15. The van der Waals surface area contributed by atoms with Gasteiger partial charge in [0.05, 0.1) is 5.56 Å². The first kappa shape index (κ1) is 16.7. The van der Waals surface area contributed by atoms with Gasteiger partial charge in [0.1, 0.15) is 5.60 Å². The van der Waals surface area contributed by atoms with E-state index in [4.69, 9.17) is 9.84 Å². The first-order valence-corrected chi connectivity index (χ1v) is 6.60. The SMILES string of the molecule is CC(C)(C)OC(=O)NCCC=Cc1cncc(C(=O)O)c1. The van der Waals surface area contributed by atoms with Crippen LogP contribution in [-0.2, 0) is 4.74 Å². The monoisotopic (exact) mass is 292 g/mol. The van der Waals surface area contributed by atoms with E-state index < -0.39 is 17.7 Å². The lowest BCUT2D eigenvalue weighted by molar-refractivity contribution is 0.0528. The number of rotatable bonds is 5. The Hall–Kier alpha value is -2.37. The lowest BCUT2D eigenvalue weighted by Crippen LogP contribution is -2.32. The Kier molecular flexibility index (Phi) is 5.90.